The summed E-state index contributed by atoms with van der Waals surface area (Å²) in [6.45, 7) is 7.33. The highest BCUT2D eigenvalue weighted by atomic mass is 16.3. The Bertz CT molecular complexity index is 599. The summed E-state index contributed by atoms with van der Waals surface area (Å²) in [7, 11) is 0. The number of hydrogen-bond acceptors (Lipinski definition) is 7. The molecule has 10 heteroatoms. The first-order valence-corrected chi connectivity index (χ1v) is 11.6. The van der Waals surface area contributed by atoms with Gasteiger partial charge in [0.15, 0.2) is 5.78 Å². The molecule has 10 nitrogen and oxygen atoms in total. The van der Waals surface area contributed by atoms with E-state index in [2.05, 4.69) is 29.8 Å². The molecule has 0 aromatic carbocycles. The van der Waals surface area contributed by atoms with Gasteiger partial charge in [0, 0.05) is 6.42 Å². The molecule has 5 atom stereocenters. The standard InChI is InChI=1S/C22H43N5O5/c1-5-14(2)8-6-7-9-19(30)25-18(11-13-24)21(31)27-20(16(4)29)22(32)26-17(10-12-23)15(3)28/h14,16-18,20,29H,5-13,23-24H2,1-4H3,(H,25,30)(H,26,32)(H,27,31)/t14?,16?,17-,18-,20-/m0/s1. The molecule has 186 valence electrons. The maximum Gasteiger partial charge on any atom is 0.245 e. The van der Waals surface area contributed by atoms with E-state index in [1.165, 1.54) is 13.8 Å². The van der Waals surface area contributed by atoms with E-state index in [0.29, 0.717) is 12.3 Å². The number of rotatable bonds is 17. The maximum absolute atomic E-state index is 12.7. The van der Waals surface area contributed by atoms with Gasteiger partial charge in [-0.25, -0.2) is 0 Å². The minimum atomic E-state index is -1.30. The zero-order valence-electron chi connectivity index (χ0n) is 20.0. The molecule has 0 aromatic rings. The molecule has 32 heavy (non-hydrogen) atoms. The van der Waals surface area contributed by atoms with E-state index in [4.69, 9.17) is 11.5 Å². The molecule has 0 saturated carbocycles. The zero-order valence-corrected chi connectivity index (χ0v) is 20.0. The molecular weight excluding hydrogens is 414 g/mol. The summed E-state index contributed by atoms with van der Waals surface area (Å²) < 4.78 is 0. The molecule has 3 amide bonds. The van der Waals surface area contributed by atoms with Crippen LogP contribution in [0.25, 0.3) is 0 Å². The fraction of sp³-hybridized carbons (Fsp3) is 0.818. The topological polar surface area (TPSA) is 177 Å². The van der Waals surface area contributed by atoms with Gasteiger partial charge in [-0.05, 0) is 52.1 Å². The molecule has 0 heterocycles. The van der Waals surface area contributed by atoms with Crippen LogP contribution in [0.1, 0.15) is 72.6 Å². The number of unbranched alkanes of at least 4 members (excludes halogenated alkanes) is 1. The lowest BCUT2D eigenvalue weighted by Crippen LogP contribution is -2.59. The summed E-state index contributed by atoms with van der Waals surface area (Å²) in [5.41, 5.74) is 11.1. The number of nitrogens with two attached hydrogens (primary N) is 2. The van der Waals surface area contributed by atoms with Gasteiger partial charge in [0.05, 0.1) is 12.1 Å². The first kappa shape index (κ1) is 30.0. The van der Waals surface area contributed by atoms with Gasteiger partial charge in [-0.3, -0.25) is 19.2 Å². The Morgan fingerprint density at radius 3 is 1.94 bits per heavy atom. The van der Waals surface area contributed by atoms with Gasteiger partial charge in [-0.15, -0.1) is 0 Å². The van der Waals surface area contributed by atoms with E-state index in [1.807, 2.05) is 0 Å². The van der Waals surface area contributed by atoms with Crippen molar-refractivity contribution in [1.82, 2.24) is 16.0 Å². The second-order valence-corrected chi connectivity index (χ2v) is 8.43. The summed E-state index contributed by atoms with van der Waals surface area (Å²) in [5, 5.41) is 17.7. The van der Waals surface area contributed by atoms with Crippen molar-refractivity contribution in [2.45, 2.75) is 96.9 Å². The van der Waals surface area contributed by atoms with Crippen LogP contribution in [0.15, 0.2) is 0 Å². The Labute approximate surface area is 191 Å². The van der Waals surface area contributed by atoms with Gasteiger partial charge in [0.25, 0.3) is 0 Å². The van der Waals surface area contributed by atoms with Crippen molar-refractivity contribution in [2.75, 3.05) is 13.1 Å². The normalized spacial score (nSPS) is 15.7. The van der Waals surface area contributed by atoms with Crippen molar-refractivity contribution in [3.8, 4) is 0 Å². The third kappa shape index (κ3) is 12.1. The van der Waals surface area contributed by atoms with E-state index < -0.39 is 36.0 Å². The first-order valence-electron chi connectivity index (χ1n) is 11.6. The number of aliphatic hydroxyl groups excluding tert-OH is 1. The molecule has 0 aliphatic carbocycles. The summed E-state index contributed by atoms with van der Waals surface area (Å²) in [5.74, 6) is -1.25. The van der Waals surface area contributed by atoms with E-state index in [-0.39, 0.29) is 37.6 Å². The molecule has 0 spiro atoms. The SMILES string of the molecule is CCC(C)CCCCC(=O)N[C@@H](CCN)C(=O)N[C@H](C(=O)N[C@@H](CCN)C(C)=O)C(C)O. The largest absolute Gasteiger partial charge is 0.391 e. The van der Waals surface area contributed by atoms with E-state index in [9.17, 15) is 24.3 Å². The third-order valence-corrected chi connectivity index (χ3v) is 5.48. The molecule has 0 radical (unpaired) electrons. The van der Waals surface area contributed by atoms with Gasteiger partial charge < -0.3 is 32.5 Å². The van der Waals surface area contributed by atoms with Crippen molar-refractivity contribution in [2.24, 2.45) is 17.4 Å². The fourth-order valence-electron chi connectivity index (χ4n) is 3.15. The lowest BCUT2D eigenvalue weighted by Gasteiger charge is -2.26. The minimum absolute atomic E-state index is 0.154. The van der Waals surface area contributed by atoms with Crippen molar-refractivity contribution >= 4 is 23.5 Å². The van der Waals surface area contributed by atoms with Crippen LogP contribution < -0.4 is 27.4 Å². The number of aliphatic hydroxyl groups is 1. The molecule has 0 aliphatic rings. The van der Waals surface area contributed by atoms with Crippen LogP contribution in [0.4, 0.5) is 0 Å². The van der Waals surface area contributed by atoms with Gasteiger partial charge in [-0.2, -0.15) is 0 Å². The molecule has 0 saturated heterocycles. The van der Waals surface area contributed by atoms with Crippen molar-refractivity contribution < 1.29 is 24.3 Å². The molecule has 0 bridgehead atoms. The second kappa shape index (κ2) is 16.6. The van der Waals surface area contributed by atoms with Crippen molar-refractivity contribution in [1.29, 1.82) is 0 Å². The highest BCUT2D eigenvalue weighted by Gasteiger charge is 2.31. The van der Waals surface area contributed by atoms with Gasteiger partial charge in [-0.1, -0.05) is 33.1 Å². The Kier molecular flexibility index (Phi) is 15.5. The van der Waals surface area contributed by atoms with Crippen LogP contribution in [0.2, 0.25) is 0 Å². The Morgan fingerprint density at radius 1 is 0.844 bits per heavy atom. The van der Waals surface area contributed by atoms with E-state index in [1.54, 1.807) is 0 Å². The van der Waals surface area contributed by atoms with Crippen molar-refractivity contribution in [3.05, 3.63) is 0 Å². The molecule has 0 aliphatic heterocycles. The second-order valence-electron chi connectivity index (χ2n) is 8.43. The molecular formula is C22H43N5O5. The summed E-state index contributed by atoms with van der Waals surface area (Å²) in [6.07, 6.45) is 3.30. The fourth-order valence-corrected chi connectivity index (χ4v) is 3.15. The zero-order chi connectivity index (χ0) is 24.7. The molecule has 0 fully saturated rings. The predicted octanol–water partition coefficient (Wildman–Crippen LogP) is -0.285. The van der Waals surface area contributed by atoms with Gasteiger partial charge >= 0.3 is 0 Å². The van der Waals surface area contributed by atoms with Gasteiger partial charge in [0.1, 0.15) is 12.1 Å². The van der Waals surface area contributed by atoms with Crippen LogP contribution in [0, 0.1) is 5.92 Å². The van der Waals surface area contributed by atoms with Crippen LogP contribution in [0.5, 0.6) is 0 Å². The Balaban J connectivity index is 4.96. The number of hydrogen-bond donors (Lipinski definition) is 6. The molecule has 8 N–H and O–H groups in total. The summed E-state index contributed by atoms with van der Waals surface area (Å²) in [4.78, 5) is 49.3. The average Bonchev–Trinajstić information content (AvgIpc) is 2.73. The predicted molar refractivity (Wildman–Crippen MR) is 123 cm³/mol. The third-order valence-electron chi connectivity index (χ3n) is 5.48. The van der Waals surface area contributed by atoms with Crippen molar-refractivity contribution in [3.63, 3.8) is 0 Å². The number of carbonyl (C=O) groups excluding carboxylic acids is 4. The summed E-state index contributed by atoms with van der Waals surface area (Å²) >= 11 is 0. The summed E-state index contributed by atoms with van der Waals surface area (Å²) in [6, 6.07) is -3.03. The smallest absolute Gasteiger partial charge is 0.245 e. The van der Waals surface area contributed by atoms with E-state index in [0.717, 1.165) is 25.7 Å². The highest BCUT2D eigenvalue weighted by molar-refractivity contribution is 5.94. The minimum Gasteiger partial charge on any atom is -0.391 e. The maximum atomic E-state index is 12.7. The van der Waals surface area contributed by atoms with Crippen LogP contribution in [0.3, 0.4) is 0 Å². The first-order chi connectivity index (χ1) is 15.1. The lowest BCUT2D eigenvalue weighted by molar-refractivity contribution is -0.135. The average molecular weight is 458 g/mol. The number of amides is 3. The number of ketones is 1. The number of nitrogens with one attached hydrogen (secondary N) is 3. The number of Topliss-reactive ketones (excluding diaryl/α,β-unsaturated/α-hetero) is 1. The Hall–Kier alpha value is -2.04. The van der Waals surface area contributed by atoms with Crippen LogP contribution in [-0.2, 0) is 19.2 Å². The van der Waals surface area contributed by atoms with E-state index >= 15 is 0 Å². The Morgan fingerprint density at radius 2 is 1.44 bits per heavy atom. The quantitative estimate of drug-likeness (QED) is 0.163. The highest BCUT2D eigenvalue weighted by Crippen LogP contribution is 2.12. The molecule has 0 rings (SSSR count). The molecule has 0 aromatic heterocycles. The van der Waals surface area contributed by atoms with Crippen LogP contribution >= 0.6 is 0 Å². The monoisotopic (exact) mass is 457 g/mol. The molecule has 2 unspecified atom stereocenters. The van der Waals surface area contributed by atoms with Gasteiger partial charge in [0.2, 0.25) is 17.7 Å². The lowest BCUT2D eigenvalue weighted by atomic mass is 10.0. The van der Waals surface area contributed by atoms with Crippen LogP contribution in [-0.4, -0.2) is 65.9 Å². The number of carbonyl (C=O) groups is 4.